The zero-order chi connectivity index (χ0) is 21.1. The molecule has 4 rings (SSSR count). The fourth-order valence-corrected chi connectivity index (χ4v) is 4.86. The van der Waals surface area contributed by atoms with Crippen LogP contribution in [0.3, 0.4) is 0 Å². The molecule has 1 aliphatic heterocycles. The molecule has 1 aromatic heterocycles. The summed E-state index contributed by atoms with van der Waals surface area (Å²) in [7, 11) is -3.51. The van der Waals surface area contributed by atoms with E-state index in [9.17, 15) is 13.2 Å². The molecular weight excluding hydrogens is 428 g/mol. The van der Waals surface area contributed by atoms with Crippen molar-refractivity contribution < 1.29 is 13.2 Å². The number of sulfonamides is 1. The quantitative estimate of drug-likeness (QED) is 0.620. The predicted octanol–water partition coefficient (Wildman–Crippen LogP) is 2.03. The van der Waals surface area contributed by atoms with Gasteiger partial charge in [-0.3, -0.25) is 4.79 Å². The number of nitrogens with one attached hydrogen (secondary N) is 1. The Bertz CT molecular complexity index is 1140. The minimum atomic E-state index is -3.51. The number of carbonyl (C=O) groups excluding carboxylic acids is 1. The Balaban J connectivity index is 1.43. The first-order valence-corrected chi connectivity index (χ1v) is 11.2. The Morgan fingerprint density at radius 1 is 1.03 bits per heavy atom. The topological polar surface area (TPSA) is 110 Å². The zero-order valence-corrected chi connectivity index (χ0v) is 17.5. The third-order valence-corrected chi connectivity index (χ3v) is 7.00. The molecule has 1 saturated heterocycles. The van der Waals surface area contributed by atoms with Crippen LogP contribution in [0.1, 0.15) is 29.0 Å². The second-order valence-electron chi connectivity index (χ2n) is 6.80. The average molecular weight is 447 g/mol. The van der Waals surface area contributed by atoms with Crippen LogP contribution in [0.5, 0.6) is 0 Å². The molecule has 0 unspecified atom stereocenters. The summed E-state index contributed by atoms with van der Waals surface area (Å²) < 4.78 is 28.1. The maximum absolute atomic E-state index is 12.6. The van der Waals surface area contributed by atoms with E-state index in [2.05, 4.69) is 20.8 Å². The molecule has 0 atom stereocenters. The molecule has 9 nitrogen and oxygen atoms in total. The van der Waals surface area contributed by atoms with Crippen LogP contribution < -0.4 is 5.32 Å². The van der Waals surface area contributed by atoms with Crippen LogP contribution in [0.2, 0.25) is 5.02 Å². The molecule has 2 aromatic carbocycles. The van der Waals surface area contributed by atoms with E-state index in [-0.39, 0.29) is 17.3 Å². The maximum atomic E-state index is 12.6. The molecule has 1 aliphatic rings. The highest BCUT2D eigenvalue weighted by molar-refractivity contribution is 7.89. The second kappa shape index (κ2) is 8.50. The van der Waals surface area contributed by atoms with Gasteiger partial charge in [-0.25, -0.2) is 8.42 Å². The third-order valence-electron chi connectivity index (χ3n) is 4.83. The molecule has 1 N–H and O–H groups in total. The third kappa shape index (κ3) is 4.20. The van der Waals surface area contributed by atoms with Crippen molar-refractivity contribution in [2.45, 2.75) is 24.3 Å². The van der Waals surface area contributed by atoms with Crippen LogP contribution in [-0.4, -0.2) is 51.9 Å². The van der Waals surface area contributed by atoms with E-state index >= 15 is 0 Å². The molecule has 0 bridgehead atoms. The van der Waals surface area contributed by atoms with Gasteiger partial charge in [0.2, 0.25) is 10.0 Å². The fourth-order valence-electron chi connectivity index (χ4n) is 3.22. The van der Waals surface area contributed by atoms with Crippen molar-refractivity contribution in [3.05, 3.63) is 64.9 Å². The van der Waals surface area contributed by atoms with Gasteiger partial charge in [0.25, 0.3) is 5.91 Å². The summed E-state index contributed by atoms with van der Waals surface area (Å²) in [5.41, 5.74) is 1.06. The summed E-state index contributed by atoms with van der Waals surface area (Å²) in [6.07, 6.45) is 1.74. The van der Waals surface area contributed by atoms with Gasteiger partial charge in [-0.05, 0) is 71.8 Å². The SMILES string of the molecule is O=C(NCc1nnnn1-c1ccc(Cl)cc1)c1ccc(S(=O)(=O)N2CCCC2)cc1. The number of benzene rings is 2. The number of amides is 1. The van der Waals surface area contributed by atoms with Gasteiger partial charge >= 0.3 is 0 Å². The minimum absolute atomic E-state index is 0.0995. The van der Waals surface area contributed by atoms with E-state index in [1.54, 1.807) is 24.3 Å². The number of halogens is 1. The van der Waals surface area contributed by atoms with Crippen LogP contribution in [0.15, 0.2) is 53.4 Å². The van der Waals surface area contributed by atoms with Crippen LogP contribution in [0.4, 0.5) is 0 Å². The highest BCUT2D eigenvalue weighted by Crippen LogP contribution is 2.21. The standard InChI is InChI=1S/C19H19ClN6O3S/c20-15-5-7-16(8-6-15)26-18(22-23-24-26)13-21-19(27)14-3-9-17(10-4-14)30(28,29)25-11-1-2-12-25/h3-10H,1-2,11-13H2,(H,21,27). The molecule has 2 heterocycles. The number of nitrogens with zero attached hydrogens (tertiary/aromatic N) is 5. The summed E-state index contributed by atoms with van der Waals surface area (Å²) in [5.74, 6) is 0.0877. The number of carbonyl (C=O) groups is 1. The molecule has 156 valence electrons. The molecule has 0 saturated carbocycles. The lowest BCUT2D eigenvalue weighted by Gasteiger charge is -2.15. The largest absolute Gasteiger partial charge is 0.345 e. The Morgan fingerprint density at radius 2 is 1.70 bits per heavy atom. The van der Waals surface area contributed by atoms with Crippen molar-refractivity contribution in [3.63, 3.8) is 0 Å². The molecule has 30 heavy (non-hydrogen) atoms. The van der Waals surface area contributed by atoms with Gasteiger partial charge in [0, 0.05) is 23.7 Å². The van der Waals surface area contributed by atoms with Gasteiger partial charge in [0.15, 0.2) is 5.82 Å². The number of aromatic nitrogens is 4. The first-order valence-electron chi connectivity index (χ1n) is 9.37. The molecule has 1 fully saturated rings. The van der Waals surface area contributed by atoms with Gasteiger partial charge < -0.3 is 5.32 Å². The van der Waals surface area contributed by atoms with Crippen molar-refractivity contribution in [1.82, 2.24) is 29.8 Å². The molecule has 0 radical (unpaired) electrons. The molecule has 3 aromatic rings. The molecular formula is C19H19ClN6O3S. The van der Waals surface area contributed by atoms with Gasteiger partial charge in [-0.1, -0.05) is 11.6 Å². The van der Waals surface area contributed by atoms with E-state index < -0.39 is 10.0 Å². The van der Waals surface area contributed by atoms with Gasteiger partial charge in [0.1, 0.15) is 0 Å². The Morgan fingerprint density at radius 3 is 2.37 bits per heavy atom. The summed E-state index contributed by atoms with van der Waals surface area (Å²) >= 11 is 5.90. The normalized spacial score (nSPS) is 14.7. The van der Waals surface area contributed by atoms with E-state index in [1.165, 1.54) is 33.3 Å². The number of hydrogen-bond acceptors (Lipinski definition) is 6. The maximum Gasteiger partial charge on any atom is 0.251 e. The number of tetrazole rings is 1. The van der Waals surface area contributed by atoms with Crippen molar-refractivity contribution >= 4 is 27.5 Å². The van der Waals surface area contributed by atoms with Gasteiger partial charge in [-0.2, -0.15) is 8.99 Å². The first-order chi connectivity index (χ1) is 14.4. The van der Waals surface area contributed by atoms with Crippen molar-refractivity contribution in [2.75, 3.05) is 13.1 Å². The number of hydrogen-bond donors (Lipinski definition) is 1. The van der Waals surface area contributed by atoms with E-state index in [0.29, 0.717) is 35.2 Å². The van der Waals surface area contributed by atoms with Crippen molar-refractivity contribution in [2.24, 2.45) is 0 Å². The van der Waals surface area contributed by atoms with Gasteiger partial charge in [-0.15, -0.1) is 5.10 Å². The fraction of sp³-hybridized carbons (Fsp3) is 0.263. The number of rotatable bonds is 6. The molecule has 11 heteroatoms. The Labute approximate surface area is 178 Å². The van der Waals surface area contributed by atoms with E-state index in [4.69, 9.17) is 11.6 Å². The minimum Gasteiger partial charge on any atom is -0.345 e. The van der Waals surface area contributed by atoms with Crippen LogP contribution in [0.25, 0.3) is 5.69 Å². The van der Waals surface area contributed by atoms with E-state index in [1.807, 2.05) is 0 Å². The van der Waals surface area contributed by atoms with Crippen molar-refractivity contribution in [1.29, 1.82) is 0 Å². The predicted molar refractivity (Wildman–Crippen MR) is 110 cm³/mol. The molecule has 0 aliphatic carbocycles. The molecule has 0 spiro atoms. The lowest BCUT2D eigenvalue weighted by Crippen LogP contribution is -2.28. The smallest absolute Gasteiger partial charge is 0.251 e. The first kappa shape index (κ1) is 20.5. The highest BCUT2D eigenvalue weighted by atomic mass is 35.5. The average Bonchev–Trinajstić information content (AvgIpc) is 3.45. The second-order valence-corrected chi connectivity index (χ2v) is 9.18. The Kier molecular flexibility index (Phi) is 5.80. The zero-order valence-electron chi connectivity index (χ0n) is 15.9. The summed E-state index contributed by atoms with van der Waals surface area (Å²) in [6.45, 7) is 1.17. The Hall–Kier alpha value is -2.82. The highest BCUT2D eigenvalue weighted by Gasteiger charge is 2.27. The van der Waals surface area contributed by atoms with Crippen LogP contribution in [0, 0.1) is 0 Å². The lowest BCUT2D eigenvalue weighted by atomic mass is 10.2. The van der Waals surface area contributed by atoms with Crippen molar-refractivity contribution in [3.8, 4) is 5.69 Å². The van der Waals surface area contributed by atoms with E-state index in [0.717, 1.165) is 12.8 Å². The summed E-state index contributed by atoms with van der Waals surface area (Å²) in [5, 5.41) is 14.9. The van der Waals surface area contributed by atoms with Crippen LogP contribution in [-0.2, 0) is 16.6 Å². The molecule has 1 amide bonds. The summed E-state index contributed by atoms with van der Waals surface area (Å²) in [4.78, 5) is 12.7. The summed E-state index contributed by atoms with van der Waals surface area (Å²) in [6, 6.07) is 12.9. The van der Waals surface area contributed by atoms with Gasteiger partial charge in [0.05, 0.1) is 17.1 Å². The van der Waals surface area contributed by atoms with Crippen LogP contribution >= 0.6 is 11.6 Å². The monoisotopic (exact) mass is 446 g/mol. The lowest BCUT2D eigenvalue weighted by molar-refractivity contribution is 0.0949.